The Balaban J connectivity index is 1.71. The van der Waals surface area contributed by atoms with Crippen LogP contribution in [0, 0.1) is 0 Å². The molecule has 0 radical (unpaired) electrons. The Kier molecular flexibility index (Phi) is 5.93. The normalized spacial score (nSPS) is 30.8. The predicted octanol–water partition coefficient (Wildman–Crippen LogP) is 2.41. The molecule has 0 aromatic carbocycles. The van der Waals surface area contributed by atoms with E-state index in [1.165, 1.54) is 51.4 Å². The molecule has 0 aromatic heterocycles. The summed E-state index contributed by atoms with van der Waals surface area (Å²) in [6.07, 6.45) is 11.9. The van der Waals surface area contributed by atoms with Gasteiger partial charge in [-0.05, 0) is 39.8 Å². The SMILES string of the molecule is CNCC1CCC(CN(C)C2CCCCCC2)O1. The number of nitrogens with zero attached hydrogens (tertiary/aromatic N) is 1. The number of hydrogen-bond acceptors (Lipinski definition) is 3. The largest absolute Gasteiger partial charge is 0.372 e. The summed E-state index contributed by atoms with van der Waals surface area (Å²) in [4.78, 5) is 2.57. The van der Waals surface area contributed by atoms with E-state index >= 15 is 0 Å². The zero-order chi connectivity index (χ0) is 12.8. The molecule has 1 aliphatic heterocycles. The summed E-state index contributed by atoms with van der Waals surface area (Å²) in [5.41, 5.74) is 0. The fourth-order valence-electron chi connectivity index (χ4n) is 3.46. The highest BCUT2D eigenvalue weighted by atomic mass is 16.5. The lowest BCUT2D eigenvalue weighted by Crippen LogP contribution is -2.37. The lowest BCUT2D eigenvalue weighted by atomic mass is 10.1. The molecule has 0 bridgehead atoms. The van der Waals surface area contributed by atoms with Crippen LogP contribution in [-0.2, 0) is 4.74 Å². The minimum absolute atomic E-state index is 0.447. The molecule has 2 fully saturated rings. The third-order valence-corrected chi connectivity index (χ3v) is 4.57. The molecule has 2 aliphatic rings. The Bertz CT molecular complexity index is 227. The number of nitrogens with one attached hydrogen (secondary N) is 1. The van der Waals surface area contributed by atoms with Gasteiger partial charge in [-0.1, -0.05) is 25.7 Å². The second kappa shape index (κ2) is 7.46. The van der Waals surface area contributed by atoms with Gasteiger partial charge in [0, 0.05) is 19.1 Å². The van der Waals surface area contributed by atoms with Gasteiger partial charge in [-0.2, -0.15) is 0 Å². The lowest BCUT2D eigenvalue weighted by molar-refractivity contribution is 0.0200. The van der Waals surface area contributed by atoms with Crippen LogP contribution in [-0.4, -0.2) is 50.3 Å². The second-order valence-electron chi connectivity index (χ2n) is 6.10. The Labute approximate surface area is 112 Å². The van der Waals surface area contributed by atoms with Crippen molar-refractivity contribution >= 4 is 0 Å². The molecule has 1 saturated heterocycles. The summed E-state index contributed by atoms with van der Waals surface area (Å²) in [6, 6.07) is 0.805. The standard InChI is InChI=1S/C15H30N2O/c1-16-11-14-9-10-15(18-14)12-17(2)13-7-5-3-4-6-8-13/h13-16H,3-12H2,1-2H3. The summed E-state index contributed by atoms with van der Waals surface area (Å²) < 4.78 is 6.09. The molecule has 1 saturated carbocycles. The Morgan fingerprint density at radius 1 is 1.00 bits per heavy atom. The van der Waals surface area contributed by atoms with Gasteiger partial charge in [0.15, 0.2) is 0 Å². The molecule has 106 valence electrons. The highest BCUT2D eigenvalue weighted by Crippen LogP contribution is 2.24. The van der Waals surface area contributed by atoms with Crippen molar-refractivity contribution in [3.63, 3.8) is 0 Å². The van der Waals surface area contributed by atoms with Gasteiger partial charge in [0.1, 0.15) is 0 Å². The van der Waals surface area contributed by atoms with Crippen molar-refractivity contribution in [2.75, 3.05) is 27.2 Å². The molecule has 1 heterocycles. The van der Waals surface area contributed by atoms with Crippen molar-refractivity contribution < 1.29 is 4.74 Å². The van der Waals surface area contributed by atoms with E-state index in [-0.39, 0.29) is 0 Å². The number of hydrogen-bond donors (Lipinski definition) is 1. The molecule has 0 spiro atoms. The first kappa shape index (κ1) is 14.3. The number of rotatable bonds is 5. The van der Waals surface area contributed by atoms with Crippen molar-refractivity contribution in [2.45, 2.75) is 69.6 Å². The molecule has 0 amide bonds. The summed E-state index contributed by atoms with van der Waals surface area (Å²) in [5, 5.41) is 3.22. The topological polar surface area (TPSA) is 24.5 Å². The van der Waals surface area contributed by atoms with E-state index in [4.69, 9.17) is 4.74 Å². The van der Waals surface area contributed by atoms with E-state index in [1.54, 1.807) is 0 Å². The zero-order valence-corrected chi connectivity index (χ0v) is 12.2. The van der Waals surface area contributed by atoms with Crippen molar-refractivity contribution in [1.82, 2.24) is 10.2 Å². The van der Waals surface area contributed by atoms with Crippen molar-refractivity contribution in [3.8, 4) is 0 Å². The maximum atomic E-state index is 6.09. The third kappa shape index (κ3) is 4.22. The van der Waals surface area contributed by atoms with Gasteiger partial charge < -0.3 is 15.0 Å². The van der Waals surface area contributed by atoms with E-state index in [9.17, 15) is 0 Å². The molecule has 2 unspecified atom stereocenters. The van der Waals surface area contributed by atoms with E-state index in [0.29, 0.717) is 12.2 Å². The minimum Gasteiger partial charge on any atom is -0.372 e. The van der Waals surface area contributed by atoms with Crippen LogP contribution in [0.2, 0.25) is 0 Å². The smallest absolute Gasteiger partial charge is 0.0707 e. The zero-order valence-electron chi connectivity index (χ0n) is 12.2. The summed E-state index contributed by atoms with van der Waals surface area (Å²) in [5.74, 6) is 0. The van der Waals surface area contributed by atoms with Gasteiger partial charge in [-0.15, -0.1) is 0 Å². The molecule has 1 N–H and O–H groups in total. The van der Waals surface area contributed by atoms with Gasteiger partial charge in [0.2, 0.25) is 0 Å². The number of ether oxygens (including phenoxy) is 1. The molecular weight excluding hydrogens is 224 g/mol. The predicted molar refractivity (Wildman–Crippen MR) is 75.9 cm³/mol. The van der Waals surface area contributed by atoms with E-state index in [1.807, 2.05) is 7.05 Å². The quantitative estimate of drug-likeness (QED) is 0.763. The van der Waals surface area contributed by atoms with Gasteiger partial charge in [-0.3, -0.25) is 0 Å². The Morgan fingerprint density at radius 3 is 2.33 bits per heavy atom. The third-order valence-electron chi connectivity index (χ3n) is 4.57. The van der Waals surface area contributed by atoms with Gasteiger partial charge in [0.05, 0.1) is 12.2 Å². The summed E-state index contributed by atoms with van der Waals surface area (Å²) >= 11 is 0. The molecular formula is C15H30N2O. The Morgan fingerprint density at radius 2 is 1.67 bits per heavy atom. The van der Waals surface area contributed by atoms with Crippen LogP contribution in [0.1, 0.15) is 51.4 Å². The highest BCUT2D eigenvalue weighted by Gasteiger charge is 2.27. The average Bonchev–Trinajstić information content (AvgIpc) is 2.65. The van der Waals surface area contributed by atoms with Crippen molar-refractivity contribution in [1.29, 1.82) is 0 Å². The molecule has 3 nitrogen and oxygen atoms in total. The van der Waals surface area contributed by atoms with E-state index < -0.39 is 0 Å². The van der Waals surface area contributed by atoms with Crippen molar-refractivity contribution in [2.24, 2.45) is 0 Å². The van der Waals surface area contributed by atoms with Crippen LogP contribution >= 0.6 is 0 Å². The first-order valence-corrected chi connectivity index (χ1v) is 7.80. The van der Waals surface area contributed by atoms with Crippen LogP contribution in [0.5, 0.6) is 0 Å². The molecule has 18 heavy (non-hydrogen) atoms. The molecule has 0 aromatic rings. The maximum absolute atomic E-state index is 6.09. The molecule has 3 heteroatoms. The maximum Gasteiger partial charge on any atom is 0.0707 e. The average molecular weight is 254 g/mol. The van der Waals surface area contributed by atoms with E-state index in [2.05, 4.69) is 17.3 Å². The van der Waals surface area contributed by atoms with Crippen LogP contribution in [0.25, 0.3) is 0 Å². The first-order chi connectivity index (χ1) is 8.79. The lowest BCUT2D eigenvalue weighted by Gasteiger charge is -2.29. The van der Waals surface area contributed by atoms with Crippen LogP contribution in [0.3, 0.4) is 0 Å². The summed E-state index contributed by atoms with van der Waals surface area (Å²) in [6.45, 7) is 2.13. The summed E-state index contributed by atoms with van der Waals surface area (Å²) in [7, 11) is 4.30. The van der Waals surface area contributed by atoms with Crippen LogP contribution < -0.4 is 5.32 Å². The number of likely N-dealkylation sites (N-methyl/N-ethyl adjacent to an activating group) is 2. The first-order valence-electron chi connectivity index (χ1n) is 7.80. The van der Waals surface area contributed by atoms with Gasteiger partial charge >= 0.3 is 0 Å². The Hall–Kier alpha value is -0.120. The van der Waals surface area contributed by atoms with Gasteiger partial charge in [-0.25, -0.2) is 0 Å². The van der Waals surface area contributed by atoms with Crippen molar-refractivity contribution in [3.05, 3.63) is 0 Å². The van der Waals surface area contributed by atoms with Crippen LogP contribution in [0.4, 0.5) is 0 Å². The monoisotopic (exact) mass is 254 g/mol. The van der Waals surface area contributed by atoms with E-state index in [0.717, 1.165) is 19.1 Å². The minimum atomic E-state index is 0.447. The van der Waals surface area contributed by atoms with Crippen LogP contribution in [0.15, 0.2) is 0 Å². The highest BCUT2D eigenvalue weighted by molar-refractivity contribution is 4.80. The fourth-order valence-corrected chi connectivity index (χ4v) is 3.46. The second-order valence-corrected chi connectivity index (χ2v) is 6.10. The fraction of sp³-hybridized carbons (Fsp3) is 1.00. The molecule has 2 atom stereocenters. The molecule has 1 aliphatic carbocycles. The molecule has 2 rings (SSSR count). The van der Waals surface area contributed by atoms with Gasteiger partial charge in [0.25, 0.3) is 0 Å².